The van der Waals surface area contributed by atoms with Gasteiger partial charge in [0.1, 0.15) is 17.3 Å². The fourth-order valence-electron chi connectivity index (χ4n) is 2.01. The van der Waals surface area contributed by atoms with E-state index in [2.05, 4.69) is 40.0 Å². The third-order valence-electron chi connectivity index (χ3n) is 2.89. The number of aryl methyl sites for hydroxylation is 1. The topological polar surface area (TPSA) is 25.6 Å². The SMILES string of the molecule is COc1ccc(CN(C)Cc2ccc(C)o2)cc1Br. The number of ether oxygens (including phenoxy) is 1. The first-order valence-electron chi connectivity index (χ1n) is 6.15. The Labute approximate surface area is 122 Å². The highest BCUT2D eigenvalue weighted by atomic mass is 79.9. The molecule has 0 atom stereocenters. The van der Waals surface area contributed by atoms with Gasteiger partial charge in [-0.25, -0.2) is 0 Å². The minimum absolute atomic E-state index is 0.803. The van der Waals surface area contributed by atoms with E-state index in [1.807, 2.05) is 25.1 Å². The highest BCUT2D eigenvalue weighted by Gasteiger charge is 2.07. The molecule has 1 aromatic heterocycles. The summed E-state index contributed by atoms with van der Waals surface area (Å²) >= 11 is 3.51. The van der Waals surface area contributed by atoms with Crippen LogP contribution in [0.2, 0.25) is 0 Å². The largest absolute Gasteiger partial charge is 0.496 e. The van der Waals surface area contributed by atoms with Crippen molar-refractivity contribution in [2.75, 3.05) is 14.2 Å². The van der Waals surface area contributed by atoms with Gasteiger partial charge in [0.25, 0.3) is 0 Å². The molecule has 0 aliphatic carbocycles. The molecule has 0 amide bonds. The number of halogens is 1. The van der Waals surface area contributed by atoms with Gasteiger partial charge in [-0.3, -0.25) is 4.90 Å². The fourth-order valence-corrected chi connectivity index (χ4v) is 2.60. The van der Waals surface area contributed by atoms with Crippen molar-refractivity contribution in [2.24, 2.45) is 0 Å². The molecule has 0 aliphatic heterocycles. The molecule has 0 spiro atoms. The second-order valence-electron chi connectivity index (χ2n) is 4.65. The van der Waals surface area contributed by atoms with Crippen LogP contribution in [0, 0.1) is 6.92 Å². The lowest BCUT2D eigenvalue weighted by Gasteiger charge is -2.16. The molecular weight excluding hydrogens is 306 g/mol. The molecule has 1 aromatic carbocycles. The number of furan rings is 1. The van der Waals surface area contributed by atoms with Crippen molar-refractivity contribution in [3.05, 3.63) is 51.9 Å². The number of benzene rings is 1. The highest BCUT2D eigenvalue weighted by Crippen LogP contribution is 2.26. The van der Waals surface area contributed by atoms with E-state index in [4.69, 9.17) is 9.15 Å². The first-order chi connectivity index (χ1) is 9.08. The summed E-state index contributed by atoms with van der Waals surface area (Å²) in [6, 6.07) is 10.2. The monoisotopic (exact) mass is 323 g/mol. The normalized spacial score (nSPS) is 11.0. The molecule has 0 fully saturated rings. The summed E-state index contributed by atoms with van der Waals surface area (Å²) in [7, 11) is 3.75. The number of hydrogen-bond donors (Lipinski definition) is 0. The van der Waals surface area contributed by atoms with Gasteiger partial charge in [-0.05, 0) is 59.7 Å². The van der Waals surface area contributed by atoms with Gasteiger partial charge in [-0.15, -0.1) is 0 Å². The zero-order valence-corrected chi connectivity index (χ0v) is 13.0. The first kappa shape index (κ1) is 14.2. The van der Waals surface area contributed by atoms with Gasteiger partial charge in [0.05, 0.1) is 18.1 Å². The first-order valence-corrected chi connectivity index (χ1v) is 6.94. The molecule has 0 saturated carbocycles. The zero-order chi connectivity index (χ0) is 13.8. The van der Waals surface area contributed by atoms with Crippen LogP contribution in [0.1, 0.15) is 17.1 Å². The molecule has 0 radical (unpaired) electrons. The Kier molecular flexibility index (Phi) is 4.66. The third-order valence-corrected chi connectivity index (χ3v) is 3.51. The predicted octanol–water partition coefficient (Wildman–Crippen LogP) is 3.99. The summed E-state index contributed by atoms with van der Waals surface area (Å²) in [5, 5.41) is 0. The molecule has 19 heavy (non-hydrogen) atoms. The van der Waals surface area contributed by atoms with Crippen LogP contribution in [-0.2, 0) is 13.1 Å². The molecule has 102 valence electrons. The van der Waals surface area contributed by atoms with Crippen molar-refractivity contribution in [1.29, 1.82) is 0 Å². The average Bonchev–Trinajstić information content (AvgIpc) is 2.74. The van der Waals surface area contributed by atoms with Crippen molar-refractivity contribution < 1.29 is 9.15 Å². The van der Waals surface area contributed by atoms with Crippen molar-refractivity contribution >= 4 is 15.9 Å². The molecule has 0 saturated heterocycles. The summed E-state index contributed by atoms with van der Waals surface area (Å²) in [5.41, 5.74) is 1.23. The molecule has 0 N–H and O–H groups in total. The number of hydrogen-bond acceptors (Lipinski definition) is 3. The van der Waals surface area contributed by atoms with E-state index in [9.17, 15) is 0 Å². The standard InChI is InChI=1S/C15H18BrNO2/c1-11-4-6-13(19-11)10-17(2)9-12-5-7-15(18-3)14(16)8-12/h4-8H,9-10H2,1-3H3. The molecular formula is C15H18BrNO2. The van der Waals surface area contributed by atoms with Gasteiger partial charge >= 0.3 is 0 Å². The molecule has 2 rings (SSSR count). The summed E-state index contributed by atoms with van der Waals surface area (Å²) in [5.74, 6) is 2.80. The molecule has 1 heterocycles. The number of nitrogens with zero attached hydrogens (tertiary/aromatic N) is 1. The number of methoxy groups -OCH3 is 1. The fraction of sp³-hybridized carbons (Fsp3) is 0.333. The second-order valence-corrected chi connectivity index (χ2v) is 5.51. The van der Waals surface area contributed by atoms with E-state index < -0.39 is 0 Å². The maximum Gasteiger partial charge on any atom is 0.133 e. The van der Waals surface area contributed by atoms with E-state index in [1.54, 1.807) is 7.11 Å². The van der Waals surface area contributed by atoms with Crippen LogP contribution in [0.15, 0.2) is 39.2 Å². The Morgan fingerprint density at radius 3 is 2.58 bits per heavy atom. The highest BCUT2D eigenvalue weighted by molar-refractivity contribution is 9.10. The van der Waals surface area contributed by atoms with Gasteiger partial charge in [0.15, 0.2) is 0 Å². The van der Waals surface area contributed by atoms with E-state index in [0.29, 0.717) is 0 Å². The van der Waals surface area contributed by atoms with Crippen LogP contribution >= 0.6 is 15.9 Å². The lowest BCUT2D eigenvalue weighted by Crippen LogP contribution is -2.16. The predicted molar refractivity (Wildman–Crippen MR) is 79.3 cm³/mol. The lowest BCUT2D eigenvalue weighted by atomic mass is 10.2. The van der Waals surface area contributed by atoms with Crippen molar-refractivity contribution in [2.45, 2.75) is 20.0 Å². The summed E-state index contributed by atoms with van der Waals surface area (Å²) in [4.78, 5) is 2.21. The molecule has 2 aromatic rings. The van der Waals surface area contributed by atoms with Gasteiger partial charge in [-0.1, -0.05) is 6.07 Å². The van der Waals surface area contributed by atoms with Crippen LogP contribution in [-0.4, -0.2) is 19.1 Å². The smallest absolute Gasteiger partial charge is 0.133 e. The average molecular weight is 324 g/mol. The Balaban J connectivity index is 1.98. The Morgan fingerprint density at radius 1 is 1.21 bits per heavy atom. The third kappa shape index (κ3) is 3.85. The van der Waals surface area contributed by atoms with Crippen molar-refractivity contribution in [3.63, 3.8) is 0 Å². The summed E-state index contributed by atoms with van der Waals surface area (Å²) in [6.07, 6.45) is 0. The quantitative estimate of drug-likeness (QED) is 0.832. The van der Waals surface area contributed by atoms with Crippen LogP contribution in [0.25, 0.3) is 0 Å². The van der Waals surface area contributed by atoms with Gasteiger partial charge in [0, 0.05) is 6.54 Å². The number of rotatable bonds is 5. The molecule has 0 aliphatic rings. The maximum absolute atomic E-state index is 5.58. The van der Waals surface area contributed by atoms with Crippen molar-refractivity contribution in [1.82, 2.24) is 4.90 Å². The summed E-state index contributed by atoms with van der Waals surface area (Å²) in [6.45, 7) is 3.63. The van der Waals surface area contributed by atoms with E-state index >= 15 is 0 Å². The van der Waals surface area contributed by atoms with Crippen LogP contribution in [0.3, 0.4) is 0 Å². The van der Waals surface area contributed by atoms with Crippen LogP contribution < -0.4 is 4.74 Å². The Hall–Kier alpha value is -1.26. The summed E-state index contributed by atoms with van der Waals surface area (Å²) < 4.78 is 11.8. The van der Waals surface area contributed by atoms with Crippen molar-refractivity contribution in [3.8, 4) is 5.75 Å². The van der Waals surface area contributed by atoms with E-state index in [-0.39, 0.29) is 0 Å². The zero-order valence-electron chi connectivity index (χ0n) is 11.4. The Morgan fingerprint density at radius 2 is 2.00 bits per heavy atom. The van der Waals surface area contributed by atoms with Gasteiger partial charge < -0.3 is 9.15 Å². The Bertz CT molecular complexity index is 551. The minimum atomic E-state index is 0.803. The lowest BCUT2D eigenvalue weighted by molar-refractivity contribution is 0.285. The molecule has 0 unspecified atom stereocenters. The van der Waals surface area contributed by atoms with Crippen LogP contribution in [0.4, 0.5) is 0 Å². The maximum atomic E-state index is 5.58. The minimum Gasteiger partial charge on any atom is -0.496 e. The molecule has 4 heteroatoms. The van der Waals surface area contributed by atoms with Gasteiger partial charge in [-0.2, -0.15) is 0 Å². The molecule has 0 bridgehead atoms. The van der Waals surface area contributed by atoms with E-state index in [1.165, 1.54) is 5.56 Å². The van der Waals surface area contributed by atoms with Crippen LogP contribution in [0.5, 0.6) is 5.75 Å². The van der Waals surface area contributed by atoms with E-state index in [0.717, 1.165) is 34.8 Å². The van der Waals surface area contributed by atoms with Gasteiger partial charge in [0.2, 0.25) is 0 Å². The molecule has 3 nitrogen and oxygen atoms in total. The second kappa shape index (κ2) is 6.26.